The first-order valence-electron chi connectivity index (χ1n) is 6.31. The Morgan fingerprint density at radius 3 is 2.74 bits per heavy atom. The normalized spacial score (nSPS) is 12.4. The van der Waals surface area contributed by atoms with Gasteiger partial charge in [-0.3, -0.25) is 0 Å². The molecule has 0 aromatic heterocycles. The highest BCUT2D eigenvalue weighted by molar-refractivity contribution is 6.32. The first-order valence-corrected chi connectivity index (χ1v) is 6.69. The second-order valence-electron chi connectivity index (χ2n) is 4.28. The van der Waals surface area contributed by atoms with Crippen LogP contribution in [-0.4, -0.2) is 40.1 Å². The van der Waals surface area contributed by atoms with Gasteiger partial charge >= 0.3 is 0 Å². The number of ether oxygens (including phenoxy) is 3. The fourth-order valence-corrected chi connectivity index (χ4v) is 1.93. The fourth-order valence-electron chi connectivity index (χ4n) is 1.69. The number of hydrogen-bond donors (Lipinski definition) is 1. The van der Waals surface area contributed by atoms with Gasteiger partial charge in [-0.2, -0.15) is 0 Å². The molecule has 1 aromatic carbocycles. The predicted molar refractivity (Wildman–Crippen MR) is 77.0 cm³/mol. The number of para-hydroxylation sites is 1. The van der Waals surface area contributed by atoms with Crippen molar-refractivity contribution in [3.8, 4) is 5.75 Å². The number of halogens is 1. The van der Waals surface area contributed by atoms with Crippen molar-refractivity contribution in [1.29, 1.82) is 0 Å². The van der Waals surface area contributed by atoms with E-state index in [1.807, 2.05) is 25.1 Å². The summed E-state index contributed by atoms with van der Waals surface area (Å²) in [6.45, 7) is 4.64. The monoisotopic (exact) mass is 287 g/mol. The lowest BCUT2D eigenvalue weighted by Crippen LogP contribution is -2.22. The highest BCUT2D eigenvalue weighted by Crippen LogP contribution is 2.29. The molecule has 5 heteroatoms. The van der Waals surface area contributed by atoms with Crippen LogP contribution in [0.15, 0.2) is 18.2 Å². The molecule has 0 aliphatic rings. The van der Waals surface area contributed by atoms with Crippen LogP contribution in [-0.2, 0) is 16.0 Å². The Morgan fingerprint density at radius 1 is 1.26 bits per heavy atom. The van der Waals surface area contributed by atoms with Crippen molar-refractivity contribution >= 4 is 11.6 Å². The van der Waals surface area contributed by atoms with Gasteiger partial charge < -0.3 is 19.5 Å². The van der Waals surface area contributed by atoms with Crippen LogP contribution in [0.5, 0.6) is 5.75 Å². The van der Waals surface area contributed by atoms with Crippen LogP contribution in [0.4, 0.5) is 0 Å². The molecule has 1 aromatic rings. The van der Waals surface area contributed by atoms with Gasteiger partial charge in [-0.05, 0) is 13.0 Å². The van der Waals surface area contributed by atoms with Gasteiger partial charge in [-0.1, -0.05) is 23.7 Å². The van der Waals surface area contributed by atoms with E-state index in [4.69, 9.17) is 25.8 Å². The van der Waals surface area contributed by atoms with E-state index in [0.717, 1.165) is 17.9 Å². The second-order valence-corrected chi connectivity index (χ2v) is 4.69. The Labute approximate surface area is 120 Å². The highest BCUT2D eigenvalue weighted by Gasteiger charge is 2.11. The lowest BCUT2D eigenvalue weighted by atomic mass is 10.2. The van der Waals surface area contributed by atoms with E-state index in [-0.39, 0.29) is 6.10 Å². The SMILES string of the molecule is COCCNCc1cccc(Cl)c1OC(C)COC. The smallest absolute Gasteiger partial charge is 0.142 e. The minimum absolute atomic E-state index is 0.0392. The number of rotatable bonds is 9. The molecule has 19 heavy (non-hydrogen) atoms. The standard InChI is InChI=1S/C14H22ClNO3/c1-11(10-18-3)19-14-12(5-4-6-13(14)15)9-16-7-8-17-2/h4-6,11,16H,7-10H2,1-3H3. The van der Waals surface area contributed by atoms with E-state index >= 15 is 0 Å². The van der Waals surface area contributed by atoms with E-state index in [9.17, 15) is 0 Å². The van der Waals surface area contributed by atoms with Crippen molar-refractivity contribution in [3.63, 3.8) is 0 Å². The van der Waals surface area contributed by atoms with Crippen LogP contribution in [0.25, 0.3) is 0 Å². The summed E-state index contributed by atoms with van der Waals surface area (Å²) in [6.07, 6.45) is -0.0392. The van der Waals surface area contributed by atoms with Gasteiger partial charge in [-0.25, -0.2) is 0 Å². The third-order valence-electron chi connectivity index (χ3n) is 2.57. The Bertz CT molecular complexity index is 374. The van der Waals surface area contributed by atoms with E-state index in [1.165, 1.54) is 0 Å². The van der Waals surface area contributed by atoms with E-state index in [2.05, 4.69) is 5.32 Å². The second kappa shape index (κ2) is 9.15. The van der Waals surface area contributed by atoms with Gasteiger partial charge in [0.15, 0.2) is 0 Å². The molecule has 108 valence electrons. The molecular formula is C14H22ClNO3. The molecule has 0 radical (unpaired) electrons. The Hall–Kier alpha value is -0.810. The summed E-state index contributed by atoms with van der Waals surface area (Å²) in [4.78, 5) is 0. The highest BCUT2D eigenvalue weighted by atomic mass is 35.5. The van der Waals surface area contributed by atoms with Crippen LogP contribution >= 0.6 is 11.6 Å². The third-order valence-corrected chi connectivity index (χ3v) is 2.86. The summed E-state index contributed by atoms with van der Waals surface area (Å²) in [6, 6.07) is 5.75. The lowest BCUT2D eigenvalue weighted by Gasteiger charge is -2.18. The average molecular weight is 288 g/mol. The molecule has 4 nitrogen and oxygen atoms in total. The van der Waals surface area contributed by atoms with Crippen molar-refractivity contribution in [3.05, 3.63) is 28.8 Å². The van der Waals surface area contributed by atoms with E-state index in [1.54, 1.807) is 14.2 Å². The molecule has 0 fully saturated rings. The van der Waals surface area contributed by atoms with Gasteiger partial charge in [0, 0.05) is 32.9 Å². The quantitative estimate of drug-likeness (QED) is 0.709. The molecule has 0 spiro atoms. The number of benzene rings is 1. The van der Waals surface area contributed by atoms with Gasteiger partial charge in [0.25, 0.3) is 0 Å². The number of hydrogen-bond acceptors (Lipinski definition) is 4. The van der Waals surface area contributed by atoms with Crippen LogP contribution < -0.4 is 10.1 Å². The molecule has 1 atom stereocenters. The largest absolute Gasteiger partial charge is 0.486 e. The minimum atomic E-state index is -0.0392. The minimum Gasteiger partial charge on any atom is -0.486 e. The Kier molecular flexibility index (Phi) is 7.82. The van der Waals surface area contributed by atoms with Gasteiger partial charge in [0.1, 0.15) is 11.9 Å². The summed E-state index contributed by atoms with van der Waals surface area (Å²) in [5.74, 6) is 0.721. The topological polar surface area (TPSA) is 39.7 Å². The van der Waals surface area contributed by atoms with Crippen LogP contribution in [0.1, 0.15) is 12.5 Å². The summed E-state index contributed by atoms with van der Waals surface area (Å²) in [5, 5.41) is 3.90. The molecule has 1 N–H and O–H groups in total. The molecule has 0 saturated heterocycles. The van der Waals surface area contributed by atoms with Gasteiger partial charge in [0.2, 0.25) is 0 Å². The zero-order chi connectivity index (χ0) is 14.1. The van der Waals surface area contributed by atoms with Crippen LogP contribution in [0, 0.1) is 0 Å². The lowest BCUT2D eigenvalue weighted by molar-refractivity contribution is 0.0913. The predicted octanol–water partition coefficient (Wildman–Crippen LogP) is 2.49. The van der Waals surface area contributed by atoms with Crippen LogP contribution in [0.3, 0.4) is 0 Å². The first kappa shape index (κ1) is 16.2. The van der Waals surface area contributed by atoms with E-state index in [0.29, 0.717) is 24.8 Å². The summed E-state index contributed by atoms with van der Waals surface area (Å²) >= 11 is 6.20. The Balaban J connectivity index is 2.66. The zero-order valence-corrected chi connectivity index (χ0v) is 12.5. The van der Waals surface area contributed by atoms with Crippen molar-refractivity contribution in [2.24, 2.45) is 0 Å². The van der Waals surface area contributed by atoms with Crippen molar-refractivity contribution in [2.75, 3.05) is 34.0 Å². The molecule has 0 heterocycles. The molecule has 0 bridgehead atoms. The molecular weight excluding hydrogens is 266 g/mol. The summed E-state index contributed by atoms with van der Waals surface area (Å²) in [7, 11) is 3.34. The molecule has 0 amide bonds. The molecule has 1 unspecified atom stereocenters. The van der Waals surface area contributed by atoms with Crippen LogP contribution in [0.2, 0.25) is 5.02 Å². The van der Waals surface area contributed by atoms with Crippen molar-refractivity contribution in [1.82, 2.24) is 5.32 Å². The molecule has 1 rings (SSSR count). The molecule has 0 saturated carbocycles. The number of nitrogens with one attached hydrogen (secondary N) is 1. The maximum Gasteiger partial charge on any atom is 0.142 e. The van der Waals surface area contributed by atoms with Gasteiger partial charge in [-0.15, -0.1) is 0 Å². The van der Waals surface area contributed by atoms with E-state index < -0.39 is 0 Å². The molecule has 0 aliphatic carbocycles. The number of methoxy groups -OCH3 is 2. The molecule has 0 aliphatic heterocycles. The van der Waals surface area contributed by atoms with Gasteiger partial charge in [0.05, 0.1) is 18.2 Å². The summed E-state index contributed by atoms with van der Waals surface area (Å²) in [5.41, 5.74) is 1.03. The average Bonchev–Trinajstić information content (AvgIpc) is 2.38. The van der Waals surface area contributed by atoms with Crippen molar-refractivity contribution < 1.29 is 14.2 Å². The summed E-state index contributed by atoms with van der Waals surface area (Å²) < 4.78 is 15.9. The Morgan fingerprint density at radius 2 is 2.05 bits per heavy atom. The van der Waals surface area contributed by atoms with Crippen molar-refractivity contribution in [2.45, 2.75) is 19.6 Å². The zero-order valence-electron chi connectivity index (χ0n) is 11.7. The first-order chi connectivity index (χ1) is 9.19. The third kappa shape index (κ3) is 5.78. The fraction of sp³-hybridized carbons (Fsp3) is 0.571. The maximum absolute atomic E-state index is 6.20. The maximum atomic E-state index is 6.20.